The van der Waals surface area contributed by atoms with E-state index in [9.17, 15) is 4.79 Å². The zero-order valence-corrected chi connectivity index (χ0v) is 17.2. The van der Waals surface area contributed by atoms with E-state index < -0.39 is 0 Å². The highest BCUT2D eigenvalue weighted by Gasteiger charge is 2.21. The molecule has 0 atom stereocenters. The van der Waals surface area contributed by atoms with Gasteiger partial charge in [0.2, 0.25) is 11.7 Å². The predicted molar refractivity (Wildman–Crippen MR) is 107 cm³/mol. The van der Waals surface area contributed by atoms with Crippen molar-refractivity contribution in [1.82, 2.24) is 15.0 Å². The maximum absolute atomic E-state index is 12.7. The van der Waals surface area contributed by atoms with E-state index in [0.29, 0.717) is 36.2 Å². The zero-order chi connectivity index (χ0) is 20.1. The highest BCUT2D eigenvalue weighted by molar-refractivity contribution is 7.12. The molecule has 28 heavy (non-hydrogen) atoms. The predicted octanol–water partition coefficient (Wildman–Crippen LogP) is 3.91. The third kappa shape index (κ3) is 4.33. The number of amides is 1. The fraction of sp³-hybridized carbons (Fsp3) is 0.350. The van der Waals surface area contributed by atoms with Gasteiger partial charge in [-0.1, -0.05) is 11.2 Å². The molecule has 0 fully saturated rings. The second-order valence-electron chi connectivity index (χ2n) is 6.40. The van der Waals surface area contributed by atoms with Crippen molar-refractivity contribution in [2.75, 3.05) is 20.8 Å². The monoisotopic (exact) mass is 401 g/mol. The van der Waals surface area contributed by atoms with Gasteiger partial charge in [0.15, 0.2) is 11.5 Å². The summed E-state index contributed by atoms with van der Waals surface area (Å²) in [6.45, 7) is 4.49. The van der Waals surface area contributed by atoms with Crippen LogP contribution in [0.1, 0.15) is 29.4 Å². The molecule has 0 saturated heterocycles. The molecule has 0 aliphatic carbocycles. The lowest BCUT2D eigenvalue weighted by atomic mass is 10.2. The van der Waals surface area contributed by atoms with Gasteiger partial charge in [-0.2, -0.15) is 4.98 Å². The normalized spacial score (nSPS) is 10.9. The van der Waals surface area contributed by atoms with Crippen LogP contribution in [0.15, 0.2) is 40.2 Å². The first-order valence-corrected chi connectivity index (χ1v) is 9.81. The molecule has 3 aromatic rings. The van der Waals surface area contributed by atoms with Crippen molar-refractivity contribution < 1.29 is 18.8 Å². The van der Waals surface area contributed by atoms with E-state index in [0.717, 1.165) is 10.4 Å². The summed E-state index contributed by atoms with van der Waals surface area (Å²) in [5.41, 5.74) is 0.767. The number of benzene rings is 1. The van der Waals surface area contributed by atoms with E-state index in [-0.39, 0.29) is 11.9 Å². The van der Waals surface area contributed by atoms with Gasteiger partial charge in [-0.25, -0.2) is 0 Å². The number of hydrogen-bond acceptors (Lipinski definition) is 7. The lowest BCUT2D eigenvalue weighted by Crippen LogP contribution is -2.38. The first kappa shape index (κ1) is 19.9. The third-order valence-corrected chi connectivity index (χ3v) is 5.15. The Balaban J connectivity index is 1.71. The van der Waals surface area contributed by atoms with Crippen LogP contribution in [0.3, 0.4) is 0 Å². The van der Waals surface area contributed by atoms with E-state index in [1.54, 1.807) is 26.4 Å². The molecule has 2 aromatic heterocycles. The Morgan fingerprint density at radius 2 is 2.00 bits per heavy atom. The second kappa shape index (κ2) is 8.88. The smallest absolute Gasteiger partial charge is 0.264 e. The van der Waals surface area contributed by atoms with E-state index in [1.807, 2.05) is 42.3 Å². The van der Waals surface area contributed by atoms with Crippen LogP contribution in [0.25, 0.3) is 11.4 Å². The fourth-order valence-corrected chi connectivity index (χ4v) is 3.48. The summed E-state index contributed by atoms with van der Waals surface area (Å²) in [5, 5.41) is 5.95. The number of carbonyl (C=O) groups excluding carboxylic acids is 1. The van der Waals surface area contributed by atoms with Crippen LogP contribution in [0.5, 0.6) is 11.5 Å². The number of thiophene rings is 1. The molecule has 3 rings (SSSR count). The molecule has 0 radical (unpaired) electrons. The third-order valence-electron chi connectivity index (χ3n) is 4.29. The number of ether oxygens (including phenoxy) is 2. The van der Waals surface area contributed by atoms with Crippen molar-refractivity contribution in [3.63, 3.8) is 0 Å². The topological polar surface area (TPSA) is 77.7 Å². The molecule has 0 aliphatic heterocycles. The summed E-state index contributed by atoms with van der Waals surface area (Å²) >= 11 is 1.44. The quantitative estimate of drug-likeness (QED) is 0.570. The maximum Gasteiger partial charge on any atom is 0.264 e. The lowest BCUT2D eigenvalue weighted by Gasteiger charge is -2.25. The minimum atomic E-state index is 0.0182. The summed E-state index contributed by atoms with van der Waals surface area (Å²) in [5.74, 6) is 2.20. The second-order valence-corrected chi connectivity index (χ2v) is 7.35. The van der Waals surface area contributed by atoms with Gasteiger partial charge in [-0.05, 0) is 43.5 Å². The van der Waals surface area contributed by atoms with Gasteiger partial charge >= 0.3 is 0 Å². The van der Waals surface area contributed by atoms with Crippen LogP contribution < -0.4 is 9.47 Å². The Bertz CT molecular complexity index is 921. The molecule has 148 valence electrons. The SMILES string of the molecule is COc1ccc(-c2noc(CCN(C(=O)c3cccs3)C(C)C)n2)cc1OC. The molecule has 0 N–H and O–H groups in total. The maximum atomic E-state index is 12.7. The van der Waals surface area contributed by atoms with Crippen molar-refractivity contribution in [3.05, 3.63) is 46.5 Å². The Hall–Kier alpha value is -2.87. The van der Waals surface area contributed by atoms with Crippen LogP contribution in [0.4, 0.5) is 0 Å². The van der Waals surface area contributed by atoms with Crippen LogP contribution in [0, 0.1) is 0 Å². The first-order chi connectivity index (χ1) is 13.5. The number of rotatable bonds is 8. The highest BCUT2D eigenvalue weighted by atomic mass is 32.1. The largest absolute Gasteiger partial charge is 0.493 e. The molecule has 2 heterocycles. The number of hydrogen-bond donors (Lipinski definition) is 0. The molecule has 0 unspecified atom stereocenters. The van der Waals surface area contributed by atoms with Gasteiger partial charge in [-0.3, -0.25) is 4.79 Å². The first-order valence-electron chi connectivity index (χ1n) is 8.93. The Morgan fingerprint density at radius 3 is 2.64 bits per heavy atom. The molecule has 0 aliphatic rings. The van der Waals surface area contributed by atoms with Crippen molar-refractivity contribution in [2.24, 2.45) is 0 Å². The number of methoxy groups -OCH3 is 2. The average Bonchev–Trinajstić information content (AvgIpc) is 3.39. The minimum Gasteiger partial charge on any atom is -0.493 e. The summed E-state index contributed by atoms with van der Waals surface area (Å²) in [7, 11) is 3.16. The molecule has 0 spiro atoms. The van der Waals surface area contributed by atoms with Crippen LogP contribution in [-0.2, 0) is 6.42 Å². The van der Waals surface area contributed by atoms with E-state index in [2.05, 4.69) is 10.1 Å². The van der Waals surface area contributed by atoms with E-state index >= 15 is 0 Å². The molecule has 8 heteroatoms. The number of nitrogens with zero attached hydrogens (tertiary/aromatic N) is 3. The Morgan fingerprint density at radius 1 is 1.21 bits per heavy atom. The Labute approximate surface area is 167 Å². The highest BCUT2D eigenvalue weighted by Crippen LogP contribution is 2.31. The van der Waals surface area contributed by atoms with Crippen molar-refractivity contribution in [2.45, 2.75) is 26.3 Å². The van der Waals surface area contributed by atoms with Gasteiger partial charge in [0.05, 0.1) is 19.1 Å². The molecular formula is C20H23N3O4S. The zero-order valence-electron chi connectivity index (χ0n) is 16.3. The van der Waals surface area contributed by atoms with Gasteiger partial charge in [-0.15, -0.1) is 11.3 Å². The Kier molecular flexibility index (Phi) is 6.30. The number of aromatic nitrogens is 2. The fourth-order valence-electron chi connectivity index (χ4n) is 2.80. The van der Waals surface area contributed by atoms with Gasteiger partial charge in [0.25, 0.3) is 5.91 Å². The molecule has 0 bridgehead atoms. The molecule has 1 amide bonds. The van der Waals surface area contributed by atoms with E-state index in [1.165, 1.54) is 11.3 Å². The molecule has 1 aromatic carbocycles. The summed E-state index contributed by atoms with van der Waals surface area (Å²) in [6, 6.07) is 9.23. The summed E-state index contributed by atoms with van der Waals surface area (Å²) in [6.07, 6.45) is 0.482. The molecule has 7 nitrogen and oxygen atoms in total. The van der Waals surface area contributed by atoms with Crippen LogP contribution in [-0.4, -0.2) is 47.8 Å². The average molecular weight is 401 g/mol. The molecule has 0 saturated carbocycles. The van der Waals surface area contributed by atoms with Gasteiger partial charge < -0.3 is 18.9 Å². The molecular weight excluding hydrogens is 378 g/mol. The van der Waals surface area contributed by atoms with Crippen LogP contribution in [0.2, 0.25) is 0 Å². The van der Waals surface area contributed by atoms with Crippen molar-refractivity contribution in [3.8, 4) is 22.9 Å². The lowest BCUT2D eigenvalue weighted by molar-refractivity contribution is 0.0709. The summed E-state index contributed by atoms with van der Waals surface area (Å²) < 4.78 is 15.9. The minimum absolute atomic E-state index is 0.0182. The van der Waals surface area contributed by atoms with E-state index in [4.69, 9.17) is 14.0 Å². The standard InChI is InChI=1S/C20H23N3O4S/c1-13(2)23(20(24)17-6-5-11-28-17)10-9-18-21-19(22-27-18)14-7-8-15(25-3)16(12-14)26-4/h5-8,11-13H,9-10H2,1-4H3. The summed E-state index contributed by atoms with van der Waals surface area (Å²) in [4.78, 5) is 19.7. The van der Waals surface area contributed by atoms with Crippen LogP contribution >= 0.6 is 11.3 Å². The van der Waals surface area contributed by atoms with Gasteiger partial charge in [0.1, 0.15) is 0 Å². The van der Waals surface area contributed by atoms with Gasteiger partial charge in [0, 0.05) is 24.6 Å². The van der Waals surface area contributed by atoms with Crippen molar-refractivity contribution >= 4 is 17.2 Å². The van der Waals surface area contributed by atoms with Crippen molar-refractivity contribution in [1.29, 1.82) is 0 Å². The number of carbonyl (C=O) groups is 1.